The van der Waals surface area contributed by atoms with Gasteiger partial charge in [-0.05, 0) is 19.4 Å². The van der Waals surface area contributed by atoms with Gasteiger partial charge in [0, 0.05) is 19.1 Å². The van der Waals surface area contributed by atoms with Gasteiger partial charge in [-0.2, -0.15) is 0 Å². The molecular weight excluding hydrogens is 254 g/mol. The molecule has 1 aliphatic rings. The Balaban J connectivity index is 1.68. The largest absolute Gasteiger partial charge is 0.389 e. The third-order valence-electron chi connectivity index (χ3n) is 3.60. The van der Waals surface area contributed by atoms with Crippen molar-refractivity contribution in [1.82, 2.24) is 4.90 Å². The van der Waals surface area contributed by atoms with Gasteiger partial charge in [-0.3, -0.25) is 4.90 Å². The molecule has 0 spiro atoms. The highest BCUT2D eigenvalue weighted by atomic mass is 16.5. The second-order valence-corrected chi connectivity index (χ2v) is 5.60. The third-order valence-corrected chi connectivity index (χ3v) is 3.60. The molecule has 4 nitrogen and oxygen atoms in total. The van der Waals surface area contributed by atoms with Crippen LogP contribution in [0, 0.1) is 0 Å². The van der Waals surface area contributed by atoms with Gasteiger partial charge in [0.1, 0.15) is 0 Å². The van der Waals surface area contributed by atoms with Crippen molar-refractivity contribution in [3.05, 3.63) is 35.9 Å². The van der Waals surface area contributed by atoms with E-state index in [0.717, 1.165) is 18.7 Å². The van der Waals surface area contributed by atoms with Crippen molar-refractivity contribution in [2.75, 3.05) is 26.3 Å². The molecule has 1 aromatic carbocycles. The Morgan fingerprint density at radius 2 is 2.10 bits per heavy atom. The maximum absolute atomic E-state index is 10.1. The molecule has 0 bridgehead atoms. The van der Waals surface area contributed by atoms with E-state index in [0.29, 0.717) is 25.8 Å². The van der Waals surface area contributed by atoms with Gasteiger partial charge >= 0.3 is 0 Å². The summed E-state index contributed by atoms with van der Waals surface area (Å²) >= 11 is 0. The van der Waals surface area contributed by atoms with Gasteiger partial charge in [-0.15, -0.1) is 0 Å². The van der Waals surface area contributed by atoms with Gasteiger partial charge in [0.2, 0.25) is 0 Å². The van der Waals surface area contributed by atoms with E-state index in [1.165, 1.54) is 0 Å². The lowest BCUT2D eigenvalue weighted by Crippen LogP contribution is -2.50. The summed E-state index contributed by atoms with van der Waals surface area (Å²) in [6, 6.07) is 10.4. The van der Waals surface area contributed by atoms with E-state index in [2.05, 4.69) is 18.7 Å². The molecule has 1 N–H and O–H groups in total. The molecule has 0 aromatic heterocycles. The molecule has 1 heterocycles. The number of aliphatic hydroxyl groups is 1. The molecule has 0 unspecified atom stereocenters. The Labute approximate surface area is 121 Å². The normalized spacial score (nSPS) is 25.6. The highest BCUT2D eigenvalue weighted by molar-refractivity contribution is 5.13. The van der Waals surface area contributed by atoms with E-state index in [-0.39, 0.29) is 6.10 Å². The van der Waals surface area contributed by atoms with Crippen LogP contribution in [0.5, 0.6) is 0 Å². The fourth-order valence-electron chi connectivity index (χ4n) is 2.44. The molecule has 1 fully saturated rings. The maximum atomic E-state index is 10.1. The van der Waals surface area contributed by atoms with Crippen molar-refractivity contribution in [2.45, 2.75) is 38.7 Å². The first kappa shape index (κ1) is 15.4. The summed E-state index contributed by atoms with van der Waals surface area (Å²) in [7, 11) is 0. The minimum absolute atomic E-state index is 0.239. The summed E-state index contributed by atoms with van der Waals surface area (Å²) < 4.78 is 11.2. The molecule has 1 saturated heterocycles. The number of hydrogen-bond donors (Lipinski definition) is 1. The van der Waals surface area contributed by atoms with Gasteiger partial charge in [0.05, 0.1) is 32.0 Å². The molecule has 0 saturated carbocycles. The summed E-state index contributed by atoms with van der Waals surface area (Å²) in [5.74, 6) is 0. The molecule has 0 aliphatic carbocycles. The van der Waals surface area contributed by atoms with Crippen molar-refractivity contribution in [2.24, 2.45) is 0 Å². The molecule has 2 rings (SSSR count). The fourth-order valence-corrected chi connectivity index (χ4v) is 2.44. The number of β-amino-alcohol motifs (C(OH)–C–C–N with tert-alkyl or cyclic N) is 1. The van der Waals surface area contributed by atoms with Crippen LogP contribution in [0.15, 0.2) is 30.3 Å². The van der Waals surface area contributed by atoms with Crippen LogP contribution in [0.25, 0.3) is 0 Å². The van der Waals surface area contributed by atoms with Gasteiger partial charge in [0.15, 0.2) is 0 Å². The lowest BCUT2D eigenvalue weighted by molar-refractivity contribution is -0.0712. The Bertz CT molecular complexity index is 385. The SMILES string of the molecule is C[C@@H]1CN(C[C@H](O)COCc2ccccc2)[C@@H](C)CO1. The molecule has 1 aromatic rings. The van der Waals surface area contributed by atoms with Crippen molar-refractivity contribution in [3.8, 4) is 0 Å². The molecule has 4 heteroatoms. The highest BCUT2D eigenvalue weighted by Gasteiger charge is 2.25. The predicted molar refractivity (Wildman–Crippen MR) is 78.6 cm³/mol. The van der Waals surface area contributed by atoms with Crippen molar-refractivity contribution < 1.29 is 14.6 Å². The molecular formula is C16H25NO3. The quantitative estimate of drug-likeness (QED) is 0.860. The van der Waals surface area contributed by atoms with Gasteiger partial charge < -0.3 is 14.6 Å². The van der Waals surface area contributed by atoms with Crippen molar-refractivity contribution in [3.63, 3.8) is 0 Å². The number of morpholine rings is 1. The van der Waals surface area contributed by atoms with Crippen LogP contribution in [0.3, 0.4) is 0 Å². The summed E-state index contributed by atoms with van der Waals surface area (Å²) in [6.45, 7) is 7.36. The molecule has 3 atom stereocenters. The highest BCUT2D eigenvalue weighted by Crippen LogP contribution is 2.12. The standard InChI is InChI=1S/C16H25NO3/c1-13-10-20-14(2)8-17(13)9-16(18)12-19-11-15-6-4-3-5-7-15/h3-7,13-14,16,18H,8-12H2,1-2H3/t13-,14+,16-/m0/s1. The number of ether oxygens (including phenoxy) is 2. The molecule has 112 valence electrons. The lowest BCUT2D eigenvalue weighted by atomic mass is 10.2. The zero-order valence-corrected chi connectivity index (χ0v) is 12.4. The smallest absolute Gasteiger partial charge is 0.0900 e. The van der Waals surface area contributed by atoms with Crippen LogP contribution < -0.4 is 0 Å². The van der Waals surface area contributed by atoms with Crippen LogP contribution in [-0.2, 0) is 16.1 Å². The van der Waals surface area contributed by atoms with E-state index >= 15 is 0 Å². The second-order valence-electron chi connectivity index (χ2n) is 5.60. The average Bonchev–Trinajstić information content (AvgIpc) is 2.44. The Morgan fingerprint density at radius 3 is 2.85 bits per heavy atom. The van der Waals surface area contributed by atoms with E-state index < -0.39 is 6.10 Å². The van der Waals surface area contributed by atoms with Crippen LogP contribution in [0.4, 0.5) is 0 Å². The number of benzene rings is 1. The summed E-state index contributed by atoms with van der Waals surface area (Å²) in [4.78, 5) is 2.27. The van der Waals surface area contributed by atoms with Gasteiger partial charge in [-0.1, -0.05) is 30.3 Å². The van der Waals surface area contributed by atoms with Crippen molar-refractivity contribution >= 4 is 0 Å². The maximum Gasteiger partial charge on any atom is 0.0900 e. The van der Waals surface area contributed by atoms with Crippen molar-refractivity contribution in [1.29, 1.82) is 0 Å². The zero-order valence-electron chi connectivity index (χ0n) is 12.4. The molecule has 0 radical (unpaired) electrons. The predicted octanol–water partition coefficient (Wildman–Crippen LogP) is 1.67. The van der Waals surface area contributed by atoms with E-state index in [1.807, 2.05) is 30.3 Å². The van der Waals surface area contributed by atoms with Crippen LogP contribution in [0.1, 0.15) is 19.4 Å². The number of aliphatic hydroxyl groups excluding tert-OH is 1. The topological polar surface area (TPSA) is 41.9 Å². The van der Waals surface area contributed by atoms with Crippen LogP contribution in [0.2, 0.25) is 0 Å². The van der Waals surface area contributed by atoms with Crippen LogP contribution >= 0.6 is 0 Å². The fraction of sp³-hybridized carbons (Fsp3) is 0.625. The zero-order chi connectivity index (χ0) is 14.4. The van der Waals surface area contributed by atoms with Gasteiger partial charge in [-0.25, -0.2) is 0 Å². The number of nitrogens with zero attached hydrogens (tertiary/aromatic N) is 1. The van der Waals surface area contributed by atoms with E-state index in [9.17, 15) is 5.11 Å². The van der Waals surface area contributed by atoms with Gasteiger partial charge in [0.25, 0.3) is 0 Å². The summed E-state index contributed by atoms with van der Waals surface area (Å²) in [5, 5.41) is 10.1. The first-order valence-electron chi connectivity index (χ1n) is 7.30. The monoisotopic (exact) mass is 279 g/mol. The molecule has 1 aliphatic heterocycles. The third kappa shape index (κ3) is 4.87. The Kier molecular flexibility index (Phi) is 5.98. The number of rotatable bonds is 6. The van der Waals surface area contributed by atoms with E-state index in [1.54, 1.807) is 0 Å². The minimum Gasteiger partial charge on any atom is -0.389 e. The Hall–Kier alpha value is -0.940. The average molecular weight is 279 g/mol. The summed E-state index contributed by atoms with van der Waals surface area (Å²) in [5.41, 5.74) is 1.13. The lowest BCUT2D eigenvalue weighted by Gasteiger charge is -2.37. The van der Waals surface area contributed by atoms with Crippen LogP contribution in [-0.4, -0.2) is 54.6 Å². The Morgan fingerprint density at radius 1 is 1.35 bits per heavy atom. The first-order chi connectivity index (χ1) is 9.65. The van der Waals surface area contributed by atoms with E-state index in [4.69, 9.17) is 9.47 Å². The molecule has 20 heavy (non-hydrogen) atoms. The number of hydrogen-bond acceptors (Lipinski definition) is 4. The summed E-state index contributed by atoms with van der Waals surface area (Å²) in [6.07, 6.45) is -0.213. The molecule has 0 amide bonds. The second kappa shape index (κ2) is 7.74. The first-order valence-corrected chi connectivity index (χ1v) is 7.30. The minimum atomic E-state index is -0.452.